The van der Waals surface area contributed by atoms with Gasteiger partial charge in [0.05, 0.1) is 0 Å². The smallest absolute Gasteiger partial charge is 0.245 e. The zero-order chi connectivity index (χ0) is 17.9. The molecule has 2 saturated heterocycles. The Morgan fingerprint density at radius 1 is 0.769 bits per heavy atom. The maximum atomic E-state index is 11.7. The molecule has 9 heteroatoms. The molecule has 1 amide bonds. The predicted octanol–water partition coefficient (Wildman–Crippen LogP) is 1.45. The lowest BCUT2D eigenvalue weighted by molar-refractivity contribution is -0.128. The van der Waals surface area contributed by atoms with Gasteiger partial charge >= 0.3 is 0 Å². The van der Waals surface area contributed by atoms with Crippen LogP contribution in [0.15, 0.2) is 4.63 Å². The Kier molecular flexibility index (Phi) is 4.85. The number of carbonyl (C=O) groups excluding carboxylic acids is 1. The number of hydrogen-bond donors (Lipinski definition) is 0. The van der Waals surface area contributed by atoms with E-state index in [1.165, 1.54) is 12.8 Å². The van der Waals surface area contributed by atoms with Gasteiger partial charge in [-0.2, -0.15) is 0 Å². The van der Waals surface area contributed by atoms with Crippen LogP contribution >= 0.6 is 0 Å². The van der Waals surface area contributed by atoms with Gasteiger partial charge in [-0.05, 0) is 29.6 Å². The Balaban J connectivity index is 1.68. The van der Waals surface area contributed by atoms with Crippen LogP contribution in [-0.2, 0) is 4.79 Å². The zero-order valence-corrected chi connectivity index (χ0v) is 15.2. The monoisotopic (exact) mass is 359 g/mol. The summed E-state index contributed by atoms with van der Waals surface area (Å²) in [5.74, 6) is 1.83. The highest BCUT2D eigenvalue weighted by Crippen LogP contribution is 2.29. The lowest BCUT2D eigenvalue weighted by Gasteiger charge is -2.28. The highest BCUT2D eigenvalue weighted by Gasteiger charge is 2.25. The minimum Gasteiger partial charge on any atom is -0.353 e. The molecule has 2 aromatic rings. The molecule has 9 nitrogen and oxygen atoms in total. The summed E-state index contributed by atoms with van der Waals surface area (Å²) in [4.78, 5) is 27.6. The van der Waals surface area contributed by atoms with Crippen molar-refractivity contribution in [1.29, 1.82) is 0 Å². The number of nitrogens with zero attached hydrogens (tertiary/aromatic N) is 7. The van der Waals surface area contributed by atoms with Crippen molar-refractivity contribution in [3.05, 3.63) is 0 Å². The Hall–Kier alpha value is -2.45. The van der Waals surface area contributed by atoms with E-state index in [1.54, 1.807) is 6.92 Å². The fourth-order valence-electron chi connectivity index (χ4n) is 3.77. The quantitative estimate of drug-likeness (QED) is 0.796. The zero-order valence-electron chi connectivity index (χ0n) is 15.2. The molecule has 0 aromatic carbocycles. The summed E-state index contributed by atoms with van der Waals surface area (Å²) in [7, 11) is 0. The van der Waals surface area contributed by atoms with Gasteiger partial charge in [0.2, 0.25) is 17.2 Å². The number of fused-ring (bicyclic) bond motifs is 1. The van der Waals surface area contributed by atoms with Gasteiger partial charge in [0.1, 0.15) is 0 Å². The lowest BCUT2D eigenvalue weighted by atomic mass is 10.2. The summed E-state index contributed by atoms with van der Waals surface area (Å²) in [5.41, 5.74) is 0.888. The second-order valence-corrected chi connectivity index (χ2v) is 7.03. The van der Waals surface area contributed by atoms with Crippen LogP contribution in [0.25, 0.3) is 11.3 Å². The van der Waals surface area contributed by atoms with Gasteiger partial charge in [-0.1, -0.05) is 12.8 Å². The van der Waals surface area contributed by atoms with Crippen LogP contribution < -0.4 is 9.80 Å². The fourth-order valence-corrected chi connectivity index (χ4v) is 3.77. The summed E-state index contributed by atoms with van der Waals surface area (Å²) in [5, 5.41) is 7.76. The Morgan fingerprint density at radius 3 is 1.96 bits per heavy atom. The van der Waals surface area contributed by atoms with Crippen molar-refractivity contribution in [3.8, 4) is 0 Å². The molecular weight excluding hydrogens is 334 g/mol. The van der Waals surface area contributed by atoms with Crippen LogP contribution in [0.4, 0.5) is 11.6 Å². The molecule has 4 heterocycles. The molecule has 0 aliphatic carbocycles. The molecule has 0 unspecified atom stereocenters. The fraction of sp³-hybridized carbons (Fsp3) is 0.706. The van der Waals surface area contributed by atoms with Crippen molar-refractivity contribution in [3.63, 3.8) is 0 Å². The van der Waals surface area contributed by atoms with Crippen LogP contribution in [0.2, 0.25) is 0 Å². The molecule has 4 rings (SSSR count). The summed E-state index contributed by atoms with van der Waals surface area (Å²) < 4.78 is 4.83. The van der Waals surface area contributed by atoms with E-state index in [9.17, 15) is 4.79 Å². The maximum absolute atomic E-state index is 11.7. The predicted molar refractivity (Wildman–Crippen MR) is 97.2 cm³/mol. The highest BCUT2D eigenvalue weighted by atomic mass is 16.6. The first-order chi connectivity index (χ1) is 12.7. The van der Waals surface area contributed by atoms with Gasteiger partial charge < -0.3 is 14.7 Å². The van der Waals surface area contributed by atoms with Crippen molar-refractivity contribution in [2.45, 2.75) is 39.0 Å². The van der Waals surface area contributed by atoms with Gasteiger partial charge in [0, 0.05) is 46.2 Å². The molecule has 2 aliphatic heterocycles. The van der Waals surface area contributed by atoms with Gasteiger partial charge in [0.15, 0.2) is 11.6 Å². The second-order valence-electron chi connectivity index (χ2n) is 7.03. The molecule has 0 bridgehead atoms. The van der Waals surface area contributed by atoms with Crippen molar-refractivity contribution >= 4 is 28.8 Å². The molecular formula is C17H25N7O2. The first kappa shape index (κ1) is 17.0. The third-order valence-corrected chi connectivity index (χ3v) is 5.22. The van der Waals surface area contributed by atoms with Crippen LogP contribution in [-0.4, -0.2) is 70.4 Å². The van der Waals surface area contributed by atoms with Crippen molar-refractivity contribution in [2.24, 2.45) is 0 Å². The molecule has 26 heavy (non-hydrogen) atoms. The number of amides is 1. The summed E-state index contributed by atoms with van der Waals surface area (Å²) in [6, 6.07) is 0. The SMILES string of the molecule is CC(=O)N1CCCN(c2nc3nonc3nc2N2CCCCCC2)CC1. The molecule has 0 N–H and O–H groups in total. The number of carbonyl (C=O) groups is 1. The molecule has 2 fully saturated rings. The van der Waals surface area contributed by atoms with Gasteiger partial charge in [-0.15, -0.1) is 0 Å². The Bertz CT molecular complexity index is 770. The van der Waals surface area contributed by atoms with Gasteiger partial charge in [-0.3, -0.25) is 4.79 Å². The van der Waals surface area contributed by atoms with E-state index in [4.69, 9.17) is 14.6 Å². The van der Waals surface area contributed by atoms with E-state index >= 15 is 0 Å². The van der Waals surface area contributed by atoms with E-state index in [1.807, 2.05) is 4.90 Å². The summed E-state index contributed by atoms with van der Waals surface area (Å²) in [6.45, 7) is 6.66. The number of rotatable bonds is 2. The van der Waals surface area contributed by atoms with Crippen LogP contribution in [0.5, 0.6) is 0 Å². The van der Waals surface area contributed by atoms with Crippen molar-refractivity contribution in [2.75, 3.05) is 49.1 Å². The van der Waals surface area contributed by atoms with Gasteiger partial charge in [-0.25, -0.2) is 14.6 Å². The van der Waals surface area contributed by atoms with Crippen LogP contribution in [0, 0.1) is 0 Å². The van der Waals surface area contributed by atoms with E-state index in [0.29, 0.717) is 17.8 Å². The molecule has 0 spiro atoms. The number of anilines is 2. The topological polar surface area (TPSA) is 91.5 Å². The molecule has 0 saturated carbocycles. The highest BCUT2D eigenvalue weighted by molar-refractivity contribution is 5.75. The number of hydrogen-bond acceptors (Lipinski definition) is 8. The third-order valence-electron chi connectivity index (χ3n) is 5.22. The summed E-state index contributed by atoms with van der Waals surface area (Å²) >= 11 is 0. The molecule has 140 valence electrons. The first-order valence-corrected chi connectivity index (χ1v) is 9.48. The minimum atomic E-state index is 0.127. The standard InChI is InChI=1S/C17H25N7O2/c1-13(25)22-9-6-10-24(12-11-22)17-16(23-7-4-2-3-5-8-23)18-14-15(19-17)21-26-20-14/h2-12H2,1H3. The van der Waals surface area contributed by atoms with Crippen LogP contribution in [0.1, 0.15) is 39.0 Å². The van der Waals surface area contributed by atoms with Crippen molar-refractivity contribution < 1.29 is 9.42 Å². The second kappa shape index (κ2) is 7.43. The normalized spacial score (nSPS) is 19.5. The Labute approximate surface area is 152 Å². The van der Waals surface area contributed by atoms with Crippen molar-refractivity contribution in [1.82, 2.24) is 25.2 Å². The van der Waals surface area contributed by atoms with E-state index in [-0.39, 0.29) is 5.91 Å². The molecule has 2 aromatic heterocycles. The lowest BCUT2D eigenvalue weighted by Crippen LogP contribution is -2.35. The Morgan fingerprint density at radius 2 is 1.35 bits per heavy atom. The number of aromatic nitrogens is 4. The average Bonchev–Trinajstić information content (AvgIpc) is 2.84. The molecule has 0 radical (unpaired) electrons. The largest absolute Gasteiger partial charge is 0.353 e. The average molecular weight is 359 g/mol. The van der Waals surface area contributed by atoms with E-state index in [2.05, 4.69) is 20.1 Å². The summed E-state index contributed by atoms with van der Waals surface area (Å²) in [6.07, 6.45) is 5.74. The minimum absolute atomic E-state index is 0.127. The maximum Gasteiger partial charge on any atom is 0.245 e. The van der Waals surface area contributed by atoms with Crippen LogP contribution in [0.3, 0.4) is 0 Å². The molecule has 0 atom stereocenters. The van der Waals surface area contributed by atoms with Gasteiger partial charge in [0.25, 0.3) is 0 Å². The van der Waals surface area contributed by atoms with E-state index in [0.717, 1.165) is 63.6 Å². The first-order valence-electron chi connectivity index (χ1n) is 9.48. The van der Waals surface area contributed by atoms with E-state index < -0.39 is 0 Å². The third kappa shape index (κ3) is 3.42. The molecule has 2 aliphatic rings.